The lowest BCUT2D eigenvalue weighted by atomic mass is 10.2. The van der Waals surface area contributed by atoms with E-state index < -0.39 is 10.0 Å². The average Bonchev–Trinajstić information content (AvgIpc) is 3.18. The standard InChI is InChI=1S/C21H25N3O5S2/c1-4-14(5-2)22-20(25)13-30-21-23-17-12-15(10-11-19(17)29-21)31(26,27)24-16-8-6-7-9-18(16)28-3/h6-12,14,24H,4-5,13H2,1-3H3,(H,22,25). The average molecular weight is 464 g/mol. The van der Waals surface area contributed by atoms with Crippen LogP contribution in [0.3, 0.4) is 0 Å². The van der Waals surface area contributed by atoms with Gasteiger partial charge < -0.3 is 14.5 Å². The van der Waals surface area contributed by atoms with Crippen molar-refractivity contribution in [2.24, 2.45) is 0 Å². The maximum absolute atomic E-state index is 12.8. The molecule has 2 N–H and O–H groups in total. The zero-order valence-electron chi connectivity index (χ0n) is 17.5. The smallest absolute Gasteiger partial charge is 0.262 e. The van der Waals surface area contributed by atoms with Crippen LogP contribution in [-0.4, -0.2) is 38.2 Å². The Bertz CT molecular complexity index is 1160. The first-order valence-electron chi connectivity index (χ1n) is 9.84. The van der Waals surface area contributed by atoms with Gasteiger partial charge in [0.05, 0.1) is 23.4 Å². The van der Waals surface area contributed by atoms with Crippen molar-refractivity contribution >= 4 is 44.5 Å². The number of hydrogen-bond donors (Lipinski definition) is 2. The molecule has 0 spiro atoms. The van der Waals surface area contributed by atoms with Gasteiger partial charge in [-0.1, -0.05) is 37.7 Å². The van der Waals surface area contributed by atoms with Crippen LogP contribution >= 0.6 is 11.8 Å². The summed E-state index contributed by atoms with van der Waals surface area (Å²) in [4.78, 5) is 16.4. The fraction of sp³-hybridized carbons (Fsp3) is 0.333. The normalized spacial score (nSPS) is 11.6. The second-order valence-electron chi connectivity index (χ2n) is 6.78. The molecule has 166 valence electrons. The van der Waals surface area contributed by atoms with Crippen LogP contribution in [0.5, 0.6) is 5.75 Å². The van der Waals surface area contributed by atoms with Crippen LogP contribution in [0.15, 0.2) is 57.0 Å². The summed E-state index contributed by atoms with van der Waals surface area (Å²) >= 11 is 1.17. The van der Waals surface area contributed by atoms with Crippen LogP contribution in [0.1, 0.15) is 26.7 Å². The molecular weight excluding hydrogens is 438 g/mol. The molecule has 1 heterocycles. The van der Waals surface area contributed by atoms with E-state index in [4.69, 9.17) is 9.15 Å². The fourth-order valence-corrected chi connectivity index (χ4v) is 4.68. The van der Waals surface area contributed by atoms with Gasteiger partial charge in [0.1, 0.15) is 11.3 Å². The fourth-order valence-electron chi connectivity index (χ4n) is 2.94. The lowest BCUT2D eigenvalue weighted by Gasteiger charge is -2.13. The second kappa shape index (κ2) is 10.1. The number of hydrogen-bond acceptors (Lipinski definition) is 7. The zero-order chi connectivity index (χ0) is 22.4. The van der Waals surface area contributed by atoms with E-state index in [2.05, 4.69) is 15.0 Å². The SMILES string of the molecule is CCC(CC)NC(=O)CSc1nc2cc(S(=O)(=O)Nc3ccccc3OC)ccc2o1. The molecule has 0 aliphatic heterocycles. The number of oxazole rings is 1. The van der Waals surface area contributed by atoms with Crippen molar-refractivity contribution in [3.8, 4) is 5.75 Å². The maximum Gasteiger partial charge on any atom is 0.262 e. The van der Waals surface area contributed by atoms with E-state index >= 15 is 0 Å². The highest BCUT2D eigenvalue weighted by Crippen LogP contribution is 2.29. The molecule has 0 fully saturated rings. The third kappa shape index (κ3) is 5.71. The predicted octanol–water partition coefficient (Wildman–Crippen LogP) is 4.03. The van der Waals surface area contributed by atoms with Gasteiger partial charge in [0, 0.05) is 6.04 Å². The number of nitrogens with zero attached hydrogens (tertiary/aromatic N) is 1. The van der Waals surface area contributed by atoms with Gasteiger partial charge >= 0.3 is 0 Å². The number of ether oxygens (including phenoxy) is 1. The molecule has 0 saturated heterocycles. The third-order valence-corrected chi connectivity index (χ3v) is 6.87. The number of anilines is 1. The third-order valence-electron chi connectivity index (χ3n) is 4.68. The van der Waals surface area contributed by atoms with Gasteiger partial charge in [0.15, 0.2) is 5.58 Å². The molecule has 0 atom stereocenters. The van der Waals surface area contributed by atoms with Crippen LogP contribution in [0, 0.1) is 0 Å². The number of thioether (sulfide) groups is 1. The summed E-state index contributed by atoms with van der Waals surface area (Å²) < 4.78 is 39.0. The molecule has 0 aliphatic rings. The highest BCUT2D eigenvalue weighted by Gasteiger charge is 2.19. The zero-order valence-corrected chi connectivity index (χ0v) is 19.2. The number of amides is 1. The number of rotatable bonds is 10. The molecule has 2 aromatic carbocycles. The Kier molecular flexibility index (Phi) is 7.45. The number of para-hydroxylation sites is 2. The summed E-state index contributed by atoms with van der Waals surface area (Å²) in [6, 6.07) is 11.3. The molecule has 31 heavy (non-hydrogen) atoms. The van der Waals surface area contributed by atoms with Crippen molar-refractivity contribution in [2.75, 3.05) is 17.6 Å². The van der Waals surface area contributed by atoms with E-state index in [1.807, 2.05) is 13.8 Å². The van der Waals surface area contributed by atoms with Gasteiger partial charge in [-0.3, -0.25) is 9.52 Å². The first-order valence-corrected chi connectivity index (χ1v) is 12.3. The van der Waals surface area contributed by atoms with Crippen LogP contribution in [0.4, 0.5) is 5.69 Å². The number of sulfonamides is 1. The van der Waals surface area contributed by atoms with Gasteiger partial charge in [0.25, 0.3) is 15.2 Å². The number of benzene rings is 2. The lowest BCUT2D eigenvalue weighted by molar-refractivity contribution is -0.119. The molecule has 3 rings (SSSR count). The Balaban J connectivity index is 1.73. The van der Waals surface area contributed by atoms with E-state index in [-0.39, 0.29) is 22.6 Å². The maximum atomic E-state index is 12.8. The van der Waals surface area contributed by atoms with E-state index in [9.17, 15) is 13.2 Å². The highest BCUT2D eigenvalue weighted by atomic mass is 32.2. The van der Waals surface area contributed by atoms with Crippen molar-refractivity contribution in [2.45, 2.75) is 42.8 Å². The summed E-state index contributed by atoms with van der Waals surface area (Å²) in [6.07, 6.45) is 1.74. The Morgan fingerprint density at radius 1 is 1.19 bits per heavy atom. The van der Waals surface area contributed by atoms with Crippen LogP contribution in [0.25, 0.3) is 11.1 Å². The number of methoxy groups -OCH3 is 1. The first kappa shape index (κ1) is 23.0. The van der Waals surface area contributed by atoms with Gasteiger partial charge in [-0.05, 0) is 43.2 Å². The Morgan fingerprint density at radius 3 is 2.65 bits per heavy atom. The minimum Gasteiger partial charge on any atom is -0.495 e. The summed E-state index contributed by atoms with van der Waals surface area (Å²) in [5, 5.41) is 3.26. The Morgan fingerprint density at radius 2 is 1.94 bits per heavy atom. The highest BCUT2D eigenvalue weighted by molar-refractivity contribution is 7.99. The molecule has 1 aromatic heterocycles. The van der Waals surface area contributed by atoms with Gasteiger partial charge in [-0.15, -0.1) is 0 Å². The van der Waals surface area contributed by atoms with Gasteiger partial charge in [-0.2, -0.15) is 0 Å². The Labute approximate surface area is 185 Å². The number of fused-ring (bicyclic) bond motifs is 1. The summed E-state index contributed by atoms with van der Waals surface area (Å²) in [6.45, 7) is 4.05. The monoisotopic (exact) mass is 463 g/mol. The second-order valence-corrected chi connectivity index (χ2v) is 9.39. The summed E-state index contributed by atoms with van der Waals surface area (Å²) in [5.41, 5.74) is 1.18. The molecule has 0 bridgehead atoms. The lowest BCUT2D eigenvalue weighted by Crippen LogP contribution is -2.34. The Hall–Kier alpha value is -2.72. The minimum atomic E-state index is -3.86. The molecule has 3 aromatic rings. The largest absolute Gasteiger partial charge is 0.495 e. The van der Waals surface area contributed by atoms with Crippen molar-refractivity contribution in [1.29, 1.82) is 0 Å². The van der Waals surface area contributed by atoms with Crippen LogP contribution in [0.2, 0.25) is 0 Å². The molecule has 8 nitrogen and oxygen atoms in total. The van der Waals surface area contributed by atoms with E-state index in [0.29, 0.717) is 27.8 Å². The molecule has 1 amide bonds. The van der Waals surface area contributed by atoms with Crippen LogP contribution < -0.4 is 14.8 Å². The summed E-state index contributed by atoms with van der Waals surface area (Å²) in [7, 11) is -2.38. The van der Waals surface area contributed by atoms with Crippen LogP contribution in [-0.2, 0) is 14.8 Å². The quantitative estimate of drug-likeness (QED) is 0.437. The molecular formula is C21H25N3O5S2. The number of aromatic nitrogens is 1. The molecule has 0 radical (unpaired) electrons. The first-order chi connectivity index (χ1) is 14.9. The summed E-state index contributed by atoms with van der Waals surface area (Å²) in [5.74, 6) is 0.494. The molecule has 0 saturated carbocycles. The van der Waals surface area contributed by atoms with Crippen molar-refractivity contribution in [3.05, 3.63) is 42.5 Å². The van der Waals surface area contributed by atoms with Gasteiger partial charge in [0.2, 0.25) is 5.91 Å². The predicted molar refractivity (Wildman–Crippen MR) is 121 cm³/mol. The number of carbonyl (C=O) groups excluding carboxylic acids is 1. The van der Waals surface area contributed by atoms with E-state index in [1.54, 1.807) is 30.3 Å². The van der Waals surface area contributed by atoms with E-state index in [1.165, 1.54) is 31.0 Å². The molecule has 0 unspecified atom stereocenters. The van der Waals surface area contributed by atoms with Gasteiger partial charge in [-0.25, -0.2) is 13.4 Å². The number of carbonyl (C=O) groups is 1. The molecule has 0 aliphatic carbocycles. The molecule has 10 heteroatoms. The van der Waals surface area contributed by atoms with Crippen molar-refractivity contribution in [3.63, 3.8) is 0 Å². The van der Waals surface area contributed by atoms with Crippen molar-refractivity contribution in [1.82, 2.24) is 10.3 Å². The van der Waals surface area contributed by atoms with E-state index in [0.717, 1.165) is 12.8 Å². The minimum absolute atomic E-state index is 0.0437. The topological polar surface area (TPSA) is 111 Å². The number of nitrogens with one attached hydrogen (secondary N) is 2. The van der Waals surface area contributed by atoms with Crippen molar-refractivity contribution < 1.29 is 22.4 Å².